The monoisotopic (exact) mass is 660 g/mol. The average Bonchev–Trinajstić information content (AvgIpc) is 2.94. The molecule has 0 aliphatic carbocycles. The maximum Gasteiger partial charge on any atom is 0.329 e. The summed E-state index contributed by atoms with van der Waals surface area (Å²) < 4.78 is 22.7. The van der Waals surface area contributed by atoms with Gasteiger partial charge >= 0.3 is 11.8 Å². The Bertz CT molecular complexity index is 1360. The Morgan fingerprint density at radius 2 is 1.57 bits per heavy atom. The molecule has 0 unspecified atom stereocenters. The Morgan fingerprint density at radius 3 is 2.27 bits per heavy atom. The lowest BCUT2D eigenvalue weighted by Gasteiger charge is -2.14. The van der Waals surface area contributed by atoms with Gasteiger partial charge in [0.2, 0.25) is 0 Å². The summed E-state index contributed by atoms with van der Waals surface area (Å²) in [6.45, 7) is 4.15. The number of nitrogens with zero attached hydrogens (tertiary/aromatic N) is 1. The molecule has 3 aromatic carbocycles. The molecule has 210 valence electrons. The molecular weight excluding hydrogens is 631 g/mol. The summed E-state index contributed by atoms with van der Waals surface area (Å²) in [7, 11) is 1.57. The van der Waals surface area contributed by atoms with E-state index < -0.39 is 11.8 Å². The lowest BCUT2D eigenvalue weighted by molar-refractivity contribution is -0.136. The van der Waals surface area contributed by atoms with Crippen molar-refractivity contribution in [3.8, 4) is 23.0 Å². The molecule has 3 amide bonds. The van der Waals surface area contributed by atoms with Gasteiger partial charge in [0.25, 0.3) is 5.91 Å². The predicted octanol–water partition coefficient (Wildman–Crippen LogP) is 4.20. The van der Waals surface area contributed by atoms with E-state index in [4.69, 9.17) is 18.9 Å². The minimum atomic E-state index is -0.954. The maximum absolute atomic E-state index is 12.4. The van der Waals surface area contributed by atoms with Crippen LogP contribution in [0.25, 0.3) is 0 Å². The molecule has 0 atom stereocenters. The fraction of sp³-hybridized carbons (Fsp3) is 0.214. The van der Waals surface area contributed by atoms with Crippen molar-refractivity contribution < 1.29 is 33.3 Å². The van der Waals surface area contributed by atoms with Crippen LogP contribution in [0.4, 0.5) is 11.4 Å². The van der Waals surface area contributed by atoms with E-state index in [0.29, 0.717) is 56.7 Å². The van der Waals surface area contributed by atoms with Crippen LogP contribution in [0, 0.1) is 3.57 Å². The molecule has 0 spiro atoms. The highest BCUT2D eigenvalue weighted by Gasteiger charge is 2.16. The summed E-state index contributed by atoms with van der Waals surface area (Å²) in [6.07, 6.45) is 1.37. The number of hydrogen-bond acceptors (Lipinski definition) is 8. The third-order valence-corrected chi connectivity index (χ3v) is 5.88. The van der Waals surface area contributed by atoms with Crippen LogP contribution in [0.5, 0.6) is 23.0 Å². The first-order valence-corrected chi connectivity index (χ1v) is 13.3. The number of halogens is 1. The Labute approximate surface area is 245 Å². The zero-order valence-electron chi connectivity index (χ0n) is 22.2. The van der Waals surface area contributed by atoms with E-state index in [1.54, 1.807) is 67.8 Å². The van der Waals surface area contributed by atoms with Gasteiger partial charge in [-0.25, -0.2) is 5.43 Å². The number of rotatable bonds is 12. The van der Waals surface area contributed by atoms with Crippen molar-refractivity contribution in [3.05, 3.63) is 69.8 Å². The highest BCUT2D eigenvalue weighted by atomic mass is 127. The van der Waals surface area contributed by atoms with E-state index >= 15 is 0 Å². The van der Waals surface area contributed by atoms with Crippen molar-refractivity contribution in [2.75, 3.05) is 37.6 Å². The molecule has 40 heavy (non-hydrogen) atoms. The summed E-state index contributed by atoms with van der Waals surface area (Å²) in [6, 6.07) is 17.1. The number of carbonyl (C=O) groups excluding carboxylic acids is 3. The van der Waals surface area contributed by atoms with Gasteiger partial charge in [-0.2, -0.15) is 5.10 Å². The molecule has 0 heterocycles. The molecule has 12 heteroatoms. The lowest BCUT2D eigenvalue weighted by atomic mass is 10.2. The molecule has 0 aromatic heterocycles. The molecule has 0 bridgehead atoms. The number of nitrogens with one attached hydrogen (secondary N) is 3. The number of hydrogen-bond donors (Lipinski definition) is 3. The Kier molecular flexibility index (Phi) is 11.6. The van der Waals surface area contributed by atoms with Crippen molar-refractivity contribution in [2.24, 2.45) is 5.10 Å². The Balaban J connectivity index is 1.60. The van der Waals surface area contributed by atoms with Gasteiger partial charge in [0, 0.05) is 5.69 Å². The molecule has 3 N–H and O–H groups in total. The second-order valence-electron chi connectivity index (χ2n) is 7.91. The Morgan fingerprint density at radius 1 is 0.875 bits per heavy atom. The van der Waals surface area contributed by atoms with Gasteiger partial charge in [-0.3, -0.25) is 14.4 Å². The smallest absolute Gasteiger partial charge is 0.329 e. The van der Waals surface area contributed by atoms with Crippen LogP contribution in [-0.4, -0.2) is 50.9 Å². The second-order valence-corrected chi connectivity index (χ2v) is 9.07. The summed E-state index contributed by atoms with van der Waals surface area (Å²) in [5.41, 5.74) is 3.75. The summed E-state index contributed by atoms with van der Waals surface area (Å²) in [5, 5.41) is 9.14. The fourth-order valence-electron chi connectivity index (χ4n) is 3.32. The van der Waals surface area contributed by atoms with Crippen LogP contribution in [0.3, 0.4) is 0 Å². The number of hydrazone groups is 1. The van der Waals surface area contributed by atoms with E-state index in [2.05, 4.69) is 43.8 Å². The fourth-order valence-corrected chi connectivity index (χ4v) is 4.10. The number of benzene rings is 3. The second kappa shape index (κ2) is 15.3. The highest BCUT2D eigenvalue weighted by Crippen LogP contribution is 2.34. The standard InChI is InChI=1S/C28H29IN4O7/c1-4-38-23-9-7-6-8-22(23)32-27(35)28(36)33-30-16-18-14-21(29)26(24(15-18)39-5-2)40-17-25(34)31-19-10-12-20(37-3)13-11-19/h6-16H,4-5,17H2,1-3H3,(H,31,34)(H,32,35)(H,33,36)/b30-16-. The van der Waals surface area contributed by atoms with Crippen LogP contribution in [0.2, 0.25) is 0 Å². The first kappa shape index (κ1) is 30.2. The van der Waals surface area contributed by atoms with E-state index in [0.717, 1.165) is 0 Å². The van der Waals surface area contributed by atoms with Crippen molar-refractivity contribution in [3.63, 3.8) is 0 Å². The quantitative estimate of drug-likeness (QED) is 0.115. The summed E-state index contributed by atoms with van der Waals surface area (Å²) >= 11 is 2.05. The molecule has 0 saturated heterocycles. The molecule has 3 aromatic rings. The summed E-state index contributed by atoms with van der Waals surface area (Å²) in [4.78, 5) is 36.9. The SMILES string of the molecule is CCOc1ccccc1NC(=O)C(=O)N/N=C\c1cc(I)c(OCC(=O)Nc2ccc(OC)cc2)c(OCC)c1. The first-order chi connectivity index (χ1) is 19.3. The van der Waals surface area contributed by atoms with E-state index in [1.807, 2.05) is 13.8 Å². The highest BCUT2D eigenvalue weighted by molar-refractivity contribution is 14.1. The molecule has 0 aliphatic rings. The normalized spacial score (nSPS) is 10.5. The van der Waals surface area contributed by atoms with E-state index in [1.165, 1.54) is 6.21 Å². The van der Waals surface area contributed by atoms with Gasteiger partial charge in [-0.15, -0.1) is 0 Å². The van der Waals surface area contributed by atoms with Crippen molar-refractivity contribution in [2.45, 2.75) is 13.8 Å². The van der Waals surface area contributed by atoms with Gasteiger partial charge < -0.3 is 29.6 Å². The van der Waals surface area contributed by atoms with Gasteiger partial charge in [0.15, 0.2) is 18.1 Å². The van der Waals surface area contributed by atoms with Gasteiger partial charge in [0.05, 0.1) is 35.8 Å². The number of carbonyl (C=O) groups is 3. The lowest BCUT2D eigenvalue weighted by Crippen LogP contribution is -2.32. The molecular formula is C28H29IN4O7. The number of para-hydroxylation sites is 2. The molecule has 11 nitrogen and oxygen atoms in total. The molecule has 3 rings (SSSR count). The zero-order chi connectivity index (χ0) is 28.9. The largest absolute Gasteiger partial charge is 0.497 e. The minimum Gasteiger partial charge on any atom is -0.497 e. The number of anilines is 2. The average molecular weight is 660 g/mol. The molecule has 0 radical (unpaired) electrons. The van der Waals surface area contributed by atoms with Crippen LogP contribution < -0.4 is 35.0 Å². The van der Waals surface area contributed by atoms with Crippen LogP contribution in [0.15, 0.2) is 65.8 Å². The number of ether oxygens (including phenoxy) is 4. The zero-order valence-corrected chi connectivity index (χ0v) is 24.3. The molecule has 0 saturated carbocycles. The third kappa shape index (κ3) is 8.86. The number of amides is 3. The number of methoxy groups -OCH3 is 1. The van der Waals surface area contributed by atoms with E-state index in [9.17, 15) is 14.4 Å². The van der Waals surface area contributed by atoms with Crippen molar-refractivity contribution in [1.82, 2.24) is 5.43 Å². The van der Waals surface area contributed by atoms with Crippen LogP contribution in [-0.2, 0) is 14.4 Å². The topological polar surface area (TPSA) is 137 Å². The summed E-state index contributed by atoms with van der Waals surface area (Å²) in [5.74, 6) is -0.284. The van der Waals surface area contributed by atoms with Crippen molar-refractivity contribution in [1.29, 1.82) is 0 Å². The van der Waals surface area contributed by atoms with Gasteiger partial charge in [-0.1, -0.05) is 12.1 Å². The van der Waals surface area contributed by atoms with Crippen LogP contribution in [0.1, 0.15) is 19.4 Å². The predicted molar refractivity (Wildman–Crippen MR) is 159 cm³/mol. The maximum atomic E-state index is 12.4. The minimum absolute atomic E-state index is 0.243. The molecule has 0 aliphatic heterocycles. The van der Waals surface area contributed by atoms with E-state index in [-0.39, 0.29) is 12.5 Å². The van der Waals surface area contributed by atoms with Gasteiger partial charge in [-0.05, 0) is 90.5 Å². The molecule has 0 fully saturated rings. The van der Waals surface area contributed by atoms with Crippen LogP contribution >= 0.6 is 22.6 Å². The van der Waals surface area contributed by atoms with Gasteiger partial charge in [0.1, 0.15) is 11.5 Å². The van der Waals surface area contributed by atoms with Crippen molar-refractivity contribution >= 4 is 57.9 Å². The first-order valence-electron chi connectivity index (χ1n) is 12.2. The third-order valence-electron chi connectivity index (χ3n) is 5.07. The Hall–Kier alpha value is -4.33.